The average molecular weight is 430 g/mol. The lowest BCUT2D eigenvalue weighted by Crippen LogP contribution is -2.09. The first-order valence-electron chi connectivity index (χ1n) is 9.87. The molecule has 0 spiro atoms. The van der Waals surface area contributed by atoms with E-state index in [0.29, 0.717) is 45.4 Å². The Labute approximate surface area is 183 Å². The van der Waals surface area contributed by atoms with Gasteiger partial charge in [0.25, 0.3) is 0 Å². The number of fused-ring (bicyclic) bond motifs is 2. The molecule has 2 aliphatic heterocycles. The number of benzene rings is 3. The number of methoxy groups -OCH3 is 1. The van der Waals surface area contributed by atoms with Crippen LogP contribution in [-0.2, 0) is 0 Å². The summed E-state index contributed by atoms with van der Waals surface area (Å²) in [5, 5.41) is 0. The third kappa shape index (κ3) is 3.43. The Hall–Kier alpha value is -4.26. The molecule has 5 rings (SSSR count). The van der Waals surface area contributed by atoms with Gasteiger partial charge in [-0.15, -0.1) is 0 Å². The van der Waals surface area contributed by atoms with Crippen LogP contribution in [0, 0.1) is 6.92 Å². The van der Waals surface area contributed by atoms with Gasteiger partial charge in [0, 0.05) is 5.56 Å². The quantitative estimate of drug-likeness (QED) is 0.341. The molecule has 0 bridgehead atoms. The zero-order valence-electron chi connectivity index (χ0n) is 17.3. The third-order valence-corrected chi connectivity index (χ3v) is 5.26. The standard InChI is InChI=1S/C25H18O7/c1-14-19(32-25(27)16-4-6-17(28-2)7-5-16)10-8-18-23(26)22(31-24(14)18)12-15-3-9-20-21(11-15)30-13-29-20/h3-12H,13H2,1-2H3/b22-12-. The van der Waals surface area contributed by atoms with Gasteiger partial charge in [0.2, 0.25) is 12.6 Å². The van der Waals surface area contributed by atoms with Crippen LogP contribution in [0.2, 0.25) is 0 Å². The number of ether oxygens (including phenoxy) is 5. The van der Waals surface area contributed by atoms with Crippen molar-refractivity contribution in [2.75, 3.05) is 13.9 Å². The molecule has 0 saturated heterocycles. The average Bonchev–Trinajstić information content (AvgIpc) is 3.40. The SMILES string of the molecule is COc1ccc(C(=O)Oc2ccc3c(c2C)O/C(=C\c2ccc4c(c2)OCO4)C3=O)cc1. The number of hydrogen-bond donors (Lipinski definition) is 0. The number of carbonyl (C=O) groups excluding carboxylic acids is 2. The molecule has 2 heterocycles. The molecule has 0 aliphatic carbocycles. The van der Waals surface area contributed by atoms with Crippen molar-refractivity contribution in [3.63, 3.8) is 0 Å². The van der Waals surface area contributed by atoms with E-state index in [1.54, 1.807) is 68.6 Å². The maximum absolute atomic E-state index is 12.8. The smallest absolute Gasteiger partial charge is 0.343 e. The number of carbonyl (C=O) groups is 2. The third-order valence-electron chi connectivity index (χ3n) is 5.26. The van der Waals surface area contributed by atoms with Crippen molar-refractivity contribution in [3.8, 4) is 28.7 Å². The minimum atomic E-state index is -0.517. The molecule has 0 amide bonds. The summed E-state index contributed by atoms with van der Waals surface area (Å²) in [7, 11) is 1.55. The van der Waals surface area contributed by atoms with Crippen molar-refractivity contribution in [2.24, 2.45) is 0 Å². The fourth-order valence-electron chi connectivity index (χ4n) is 3.52. The summed E-state index contributed by atoms with van der Waals surface area (Å²) in [6, 6.07) is 15.2. The number of Topliss-reactive ketones (excluding diaryl/α,β-unsaturated/α-hetero) is 1. The van der Waals surface area contributed by atoms with Gasteiger partial charge in [-0.05, 0) is 67.1 Å². The Kier molecular flexibility index (Phi) is 4.78. The van der Waals surface area contributed by atoms with Crippen LogP contribution in [0.1, 0.15) is 31.8 Å². The van der Waals surface area contributed by atoms with Crippen LogP contribution in [0.15, 0.2) is 60.4 Å². The minimum Gasteiger partial charge on any atom is -0.497 e. The summed E-state index contributed by atoms with van der Waals surface area (Å²) in [6.07, 6.45) is 1.65. The van der Waals surface area contributed by atoms with Gasteiger partial charge in [-0.25, -0.2) is 4.79 Å². The van der Waals surface area contributed by atoms with Crippen LogP contribution < -0.4 is 23.7 Å². The minimum absolute atomic E-state index is 0.174. The van der Waals surface area contributed by atoms with E-state index in [9.17, 15) is 9.59 Å². The van der Waals surface area contributed by atoms with Crippen LogP contribution in [0.3, 0.4) is 0 Å². The maximum Gasteiger partial charge on any atom is 0.343 e. The van der Waals surface area contributed by atoms with Crippen molar-refractivity contribution >= 4 is 17.8 Å². The predicted octanol–water partition coefficient (Wildman–Crippen LogP) is 4.57. The van der Waals surface area contributed by atoms with Crippen molar-refractivity contribution in [1.29, 1.82) is 0 Å². The van der Waals surface area contributed by atoms with Crippen molar-refractivity contribution in [1.82, 2.24) is 0 Å². The molecule has 0 unspecified atom stereocenters. The molecular formula is C25H18O7. The summed E-state index contributed by atoms with van der Waals surface area (Å²) < 4.78 is 27.2. The van der Waals surface area contributed by atoms with Gasteiger partial charge in [-0.1, -0.05) is 6.07 Å². The lowest BCUT2D eigenvalue weighted by atomic mass is 10.1. The summed E-state index contributed by atoms with van der Waals surface area (Å²) in [5.74, 6) is 2.04. The highest BCUT2D eigenvalue weighted by Crippen LogP contribution is 2.40. The molecule has 3 aromatic rings. The van der Waals surface area contributed by atoms with Crippen LogP contribution in [0.4, 0.5) is 0 Å². The molecule has 3 aromatic carbocycles. The van der Waals surface area contributed by atoms with Crippen LogP contribution in [-0.4, -0.2) is 25.7 Å². The van der Waals surface area contributed by atoms with Gasteiger partial charge in [-0.3, -0.25) is 4.79 Å². The Morgan fingerprint density at radius 3 is 2.56 bits per heavy atom. The van der Waals surface area contributed by atoms with Gasteiger partial charge in [0.1, 0.15) is 17.2 Å². The van der Waals surface area contributed by atoms with Gasteiger partial charge < -0.3 is 23.7 Å². The lowest BCUT2D eigenvalue weighted by Gasteiger charge is -2.10. The first kappa shape index (κ1) is 19.7. The molecule has 0 fully saturated rings. The summed E-state index contributed by atoms with van der Waals surface area (Å²) >= 11 is 0. The highest BCUT2D eigenvalue weighted by atomic mass is 16.7. The summed E-state index contributed by atoms with van der Waals surface area (Å²) in [5.41, 5.74) is 2.10. The number of rotatable bonds is 4. The molecule has 0 aromatic heterocycles. The second-order valence-electron chi connectivity index (χ2n) is 7.24. The second kappa shape index (κ2) is 7.77. The molecule has 7 heteroatoms. The second-order valence-corrected chi connectivity index (χ2v) is 7.24. The Bertz CT molecular complexity index is 1270. The first-order chi connectivity index (χ1) is 15.5. The highest BCUT2D eigenvalue weighted by molar-refractivity contribution is 6.15. The number of hydrogen-bond acceptors (Lipinski definition) is 7. The normalized spacial score (nSPS) is 14.8. The van der Waals surface area contributed by atoms with Gasteiger partial charge in [0.05, 0.1) is 18.2 Å². The van der Waals surface area contributed by atoms with Crippen LogP contribution in [0.25, 0.3) is 6.08 Å². The maximum atomic E-state index is 12.8. The van der Waals surface area contributed by atoms with E-state index < -0.39 is 5.97 Å². The number of esters is 1. The molecule has 160 valence electrons. The van der Waals surface area contributed by atoms with Crippen molar-refractivity contribution in [2.45, 2.75) is 6.92 Å². The fraction of sp³-hybridized carbons (Fsp3) is 0.120. The Morgan fingerprint density at radius 1 is 1.00 bits per heavy atom. The molecule has 7 nitrogen and oxygen atoms in total. The van der Waals surface area contributed by atoms with E-state index in [1.165, 1.54) is 0 Å². The van der Waals surface area contributed by atoms with E-state index in [-0.39, 0.29) is 18.3 Å². The Balaban J connectivity index is 1.39. The van der Waals surface area contributed by atoms with Gasteiger partial charge in [-0.2, -0.15) is 0 Å². The molecule has 0 N–H and O–H groups in total. The molecule has 32 heavy (non-hydrogen) atoms. The largest absolute Gasteiger partial charge is 0.497 e. The number of allylic oxidation sites excluding steroid dienone is 1. The van der Waals surface area contributed by atoms with Gasteiger partial charge in [0.15, 0.2) is 17.3 Å². The zero-order valence-corrected chi connectivity index (χ0v) is 17.3. The lowest BCUT2D eigenvalue weighted by molar-refractivity contribution is 0.0733. The number of ketones is 1. The topological polar surface area (TPSA) is 80.3 Å². The molecule has 0 radical (unpaired) electrons. The van der Waals surface area contributed by atoms with E-state index in [2.05, 4.69) is 0 Å². The van der Waals surface area contributed by atoms with E-state index in [0.717, 1.165) is 5.56 Å². The van der Waals surface area contributed by atoms with E-state index >= 15 is 0 Å². The zero-order chi connectivity index (χ0) is 22.2. The molecular weight excluding hydrogens is 412 g/mol. The fourth-order valence-corrected chi connectivity index (χ4v) is 3.52. The van der Waals surface area contributed by atoms with E-state index in [1.807, 2.05) is 6.07 Å². The van der Waals surface area contributed by atoms with Crippen LogP contribution in [0.5, 0.6) is 28.7 Å². The monoisotopic (exact) mass is 430 g/mol. The van der Waals surface area contributed by atoms with Crippen molar-refractivity contribution in [3.05, 3.63) is 82.6 Å². The van der Waals surface area contributed by atoms with Gasteiger partial charge >= 0.3 is 5.97 Å². The van der Waals surface area contributed by atoms with Crippen LogP contribution >= 0.6 is 0 Å². The Morgan fingerprint density at radius 2 is 1.78 bits per heavy atom. The summed E-state index contributed by atoms with van der Waals surface area (Å²) in [6.45, 7) is 1.92. The molecule has 2 aliphatic rings. The predicted molar refractivity (Wildman–Crippen MR) is 115 cm³/mol. The van der Waals surface area contributed by atoms with E-state index in [4.69, 9.17) is 23.7 Å². The molecule has 0 atom stereocenters. The summed E-state index contributed by atoms with van der Waals surface area (Å²) in [4.78, 5) is 25.4. The first-order valence-corrected chi connectivity index (χ1v) is 9.87. The molecule has 0 saturated carbocycles. The van der Waals surface area contributed by atoms with Crippen molar-refractivity contribution < 1.29 is 33.3 Å². The highest BCUT2D eigenvalue weighted by Gasteiger charge is 2.31.